The SMILES string of the molecule is CC1(C)c2cccc(C(N)=O)c2CN1C(=O)Nc1ccc(C(F)(F)F)nc1. The molecule has 0 bridgehead atoms. The summed E-state index contributed by atoms with van der Waals surface area (Å²) in [6, 6.07) is 6.52. The fraction of sp³-hybridized carbons (Fsp3) is 0.278. The van der Waals surface area contributed by atoms with Crippen LogP contribution in [0.1, 0.15) is 41.0 Å². The van der Waals surface area contributed by atoms with Gasteiger partial charge in [-0.05, 0) is 43.2 Å². The van der Waals surface area contributed by atoms with E-state index in [1.165, 1.54) is 4.90 Å². The molecule has 142 valence electrons. The van der Waals surface area contributed by atoms with Crippen LogP contribution in [0.3, 0.4) is 0 Å². The Kier molecular flexibility index (Phi) is 4.33. The van der Waals surface area contributed by atoms with Crippen molar-refractivity contribution in [3.63, 3.8) is 0 Å². The van der Waals surface area contributed by atoms with Crippen molar-refractivity contribution in [3.05, 3.63) is 58.9 Å². The summed E-state index contributed by atoms with van der Waals surface area (Å²) >= 11 is 0. The van der Waals surface area contributed by atoms with E-state index in [1.54, 1.807) is 12.1 Å². The standard InChI is InChI=1S/C18H17F3N4O2/c1-17(2)13-5-3-4-11(15(22)26)12(13)9-25(17)16(27)24-10-6-7-14(23-8-10)18(19,20)21/h3-8H,9H2,1-2H3,(H2,22,26)(H,24,27). The molecule has 0 atom stereocenters. The molecule has 0 saturated carbocycles. The summed E-state index contributed by atoms with van der Waals surface area (Å²) in [4.78, 5) is 29.2. The molecule has 0 radical (unpaired) electrons. The third-order valence-electron chi connectivity index (χ3n) is 4.64. The maximum Gasteiger partial charge on any atom is 0.433 e. The van der Waals surface area contributed by atoms with E-state index in [0.717, 1.165) is 23.9 Å². The first-order chi connectivity index (χ1) is 12.5. The van der Waals surface area contributed by atoms with Gasteiger partial charge in [-0.2, -0.15) is 13.2 Å². The normalized spacial score (nSPS) is 15.4. The zero-order valence-electron chi connectivity index (χ0n) is 14.6. The fourth-order valence-electron chi connectivity index (χ4n) is 3.21. The second kappa shape index (κ2) is 6.26. The number of nitrogens with one attached hydrogen (secondary N) is 1. The number of nitrogens with two attached hydrogens (primary N) is 1. The van der Waals surface area contributed by atoms with Gasteiger partial charge >= 0.3 is 12.2 Å². The smallest absolute Gasteiger partial charge is 0.366 e. The lowest BCUT2D eigenvalue weighted by molar-refractivity contribution is -0.141. The Balaban J connectivity index is 1.84. The predicted molar refractivity (Wildman–Crippen MR) is 91.8 cm³/mol. The Morgan fingerprint density at radius 2 is 1.93 bits per heavy atom. The number of hydrogen-bond donors (Lipinski definition) is 2. The lowest BCUT2D eigenvalue weighted by atomic mass is 9.91. The lowest BCUT2D eigenvalue weighted by Crippen LogP contribution is -2.42. The average molecular weight is 378 g/mol. The first-order valence-electron chi connectivity index (χ1n) is 8.06. The zero-order valence-corrected chi connectivity index (χ0v) is 14.6. The van der Waals surface area contributed by atoms with Gasteiger partial charge in [-0.15, -0.1) is 0 Å². The molecule has 3 rings (SSSR count). The maximum absolute atomic E-state index is 12.7. The average Bonchev–Trinajstić information content (AvgIpc) is 2.85. The van der Waals surface area contributed by atoms with Crippen LogP contribution in [-0.4, -0.2) is 21.8 Å². The minimum absolute atomic E-state index is 0.134. The molecule has 1 aliphatic heterocycles. The lowest BCUT2D eigenvalue weighted by Gasteiger charge is -2.32. The van der Waals surface area contributed by atoms with E-state index in [9.17, 15) is 22.8 Å². The van der Waals surface area contributed by atoms with Gasteiger partial charge in [-0.1, -0.05) is 12.1 Å². The number of carbonyl (C=O) groups is 2. The number of aromatic nitrogens is 1. The molecule has 3 amide bonds. The Bertz CT molecular complexity index is 908. The molecule has 9 heteroatoms. The highest BCUT2D eigenvalue weighted by Gasteiger charge is 2.41. The summed E-state index contributed by atoms with van der Waals surface area (Å²) in [5.41, 5.74) is 5.57. The van der Waals surface area contributed by atoms with Gasteiger partial charge in [0.25, 0.3) is 0 Å². The number of carbonyl (C=O) groups excluding carboxylic acids is 2. The number of benzene rings is 1. The number of urea groups is 1. The molecule has 1 aromatic heterocycles. The zero-order chi connectivity index (χ0) is 20.0. The summed E-state index contributed by atoms with van der Waals surface area (Å²) < 4.78 is 37.8. The van der Waals surface area contributed by atoms with Crippen molar-refractivity contribution in [2.45, 2.75) is 32.1 Å². The van der Waals surface area contributed by atoms with Gasteiger partial charge in [0.05, 0.1) is 17.4 Å². The predicted octanol–water partition coefficient (Wildman–Crippen LogP) is 3.48. The minimum atomic E-state index is -4.55. The molecule has 0 fully saturated rings. The molecule has 0 aliphatic carbocycles. The number of pyridine rings is 1. The largest absolute Gasteiger partial charge is 0.433 e. The molecule has 27 heavy (non-hydrogen) atoms. The van der Waals surface area contributed by atoms with Crippen LogP contribution in [0.5, 0.6) is 0 Å². The molecular weight excluding hydrogens is 361 g/mol. The summed E-state index contributed by atoms with van der Waals surface area (Å²) in [6.07, 6.45) is -3.60. The van der Waals surface area contributed by atoms with E-state index < -0.39 is 29.3 Å². The van der Waals surface area contributed by atoms with Crippen molar-refractivity contribution < 1.29 is 22.8 Å². The van der Waals surface area contributed by atoms with Crippen molar-refractivity contribution in [1.82, 2.24) is 9.88 Å². The number of halogens is 3. The summed E-state index contributed by atoms with van der Waals surface area (Å²) in [6.45, 7) is 3.78. The van der Waals surface area contributed by atoms with Crippen molar-refractivity contribution in [1.29, 1.82) is 0 Å². The third kappa shape index (κ3) is 3.32. The van der Waals surface area contributed by atoms with Crippen LogP contribution < -0.4 is 11.1 Å². The van der Waals surface area contributed by atoms with Crippen LogP contribution in [0.15, 0.2) is 36.5 Å². The van der Waals surface area contributed by atoms with Crippen LogP contribution in [-0.2, 0) is 18.3 Å². The van der Waals surface area contributed by atoms with Crippen molar-refractivity contribution >= 4 is 17.6 Å². The Morgan fingerprint density at radius 3 is 2.48 bits per heavy atom. The van der Waals surface area contributed by atoms with Gasteiger partial charge < -0.3 is 16.0 Å². The number of nitrogens with zero attached hydrogens (tertiary/aromatic N) is 2. The van der Waals surface area contributed by atoms with Gasteiger partial charge in [0.1, 0.15) is 5.69 Å². The van der Waals surface area contributed by atoms with Gasteiger partial charge in [-0.3, -0.25) is 4.79 Å². The first-order valence-corrected chi connectivity index (χ1v) is 8.06. The van der Waals surface area contributed by atoms with Crippen LogP contribution in [0.4, 0.5) is 23.7 Å². The van der Waals surface area contributed by atoms with Crippen molar-refractivity contribution in [3.8, 4) is 0 Å². The Hall–Kier alpha value is -3.10. The first kappa shape index (κ1) is 18.7. The van der Waals surface area contributed by atoms with Crippen LogP contribution in [0, 0.1) is 0 Å². The van der Waals surface area contributed by atoms with E-state index >= 15 is 0 Å². The molecule has 2 aromatic rings. The van der Waals surface area contributed by atoms with Crippen molar-refractivity contribution in [2.75, 3.05) is 5.32 Å². The summed E-state index contributed by atoms with van der Waals surface area (Å²) in [5.74, 6) is -0.586. The third-order valence-corrected chi connectivity index (χ3v) is 4.64. The number of primary amides is 1. The molecular formula is C18H17F3N4O2. The number of alkyl halides is 3. The van der Waals surface area contributed by atoms with E-state index in [-0.39, 0.29) is 12.2 Å². The van der Waals surface area contributed by atoms with Crippen LogP contribution in [0.25, 0.3) is 0 Å². The minimum Gasteiger partial charge on any atom is -0.366 e. The Labute approximate surface area is 153 Å². The monoisotopic (exact) mass is 378 g/mol. The van der Waals surface area contributed by atoms with E-state index in [1.807, 2.05) is 19.9 Å². The highest BCUT2D eigenvalue weighted by Crippen LogP contribution is 2.40. The molecule has 2 heterocycles. The summed E-state index contributed by atoms with van der Waals surface area (Å²) in [7, 11) is 0. The highest BCUT2D eigenvalue weighted by molar-refractivity contribution is 5.96. The molecule has 0 saturated heterocycles. The number of fused-ring (bicyclic) bond motifs is 1. The van der Waals surface area contributed by atoms with E-state index in [0.29, 0.717) is 11.1 Å². The second-order valence-corrected chi connectivity index (χ2v) is 6.70. The number of anilines is 1. The molecule has 1 aromatic carbocycles. The number of rotatable bonds is 2. The van der Waals surface area contributed by atoms with Gasteiger partial charge in [0.15, 0.2) is 0 Å². The fourth-order valence-corrected chi connectivity index (χ4v) is 3.21. The van der Waals surface area contributed by atoms with Crippen molar-refractivity contribution in [2.24, 2.45) is 5.73 Å². The number of hydrogen-bond acceptors (Lipinski definition) is 3. The summed E-state index contributed by atoms with van der Waals surface area (Å²) in [5, 5.41) is 2.54. The van der Waals surface area contributed by atoms with E-state index in [2.05, 4.69) is 10.3 Å². The van der Waals surface area contributed by atoms with Gasteiger partial charge in [-0.25, -0.2) is 9.78 Å². The van der Waals surface area contributed by atoms with Crippen LogP contribution in [0.2, 0.25) is 0 Å². The quantitative estimate of drug-likeness (QED) is 0.839. The second-order valence-electron chi connectivity index (χ2n) is 6.70. The molecule has 6 nitrogen and oxygen atoms in total. The van der Waals surface area contributed by atoms with Gasteiger partial charge in [0.2, 0.25) is 5.91 Å². The molecule has 1 aliphatic rings. The maximum atomic E-state index is 12.7. The molecule has 0 spiro atoms. The molecule has 3 N–H and O–H groups in total. The molecule has 0 unspecified atom stereocenters. The Morgan fingerprint density at radius 1 is 1.22 bits per heavy atom. The van der Waals surface area contributed by atoms with E-state index in [4.69, 9.17) is 5.73 Å². The number of amides is 3. The highest BCUT2D eigenvalue weighted by atomic mass is 19.4. The topological polar surface area (TPSA) is 88.3 Å². The van der Waals surface area contributed by atoms with Gasteiger partial charge in [0, 0.05) is 12.1 Å². The van der Waals surface area contributed by atoms with Crippen LogP contribution >= 0.6 is 0 Å².